The Hall–Kier alpha value is -2.76. The van der Waals surface area contributed by atoms with Crippen molar-refractivity contribution in [1.82, 2.24) is 29.4 Å². The lowest BCUT2D eigenvalue weighted by atomic mass is 10.1. The molecule has 0 radical (unpaired) electrons. The molecule has 0 bridgehead atoms. The summed E-state index contributed by atoms with van der Waals surface area (Å²) in [6, 6.07) is 4.31. The third kappa shape index (κ3) is 5.65. The highest BCUT2D eigenvalue weighted by Crippen LogP contribution is 2.31. The molecule has 11 heteroatoms. The normalized spacial score (nSPS) is 13.0. The standard InChI is InChI=1S/C23H34N6O4S/c1-7-9-18-20-21(29(6)26-18)23(30)25-22(24-20)17-13-16(10-11-19(17)33-12-8-2)34(31,32)27-15(3)14-28(4)5/h10-11,13,15,27H,7-9,12,14H2,1-6H3,(H,24,25,30). The fourth-order valence-corrected chi connectivity index (χ4v) is 5.16. The van der Waals surface area contributed by atoms with E-state index >= 15 is 0 Å². The quantitative estimate of drug-likeness (QED) is 0.423. The lowest BCUT2D eigenvalue weighted by molar-refractivity contribution is 0.318. The van der Waals surface area contributed by atoms with Crippen LogP contribution in [0.2, 0.25) is 0 Å². The molecule has 0 amide bonds. The summed E-state index contributed by atoms with van der Waals surface area (Å²) in [6.45, 7) is 6.81. The number of fused-ring (bicyclic) bond motifs is 1. The Morgan fingerprint density at radius 2 is 1.97 bits per heavy atom. The van der Waals surface area contributed by atoms with E-state index in [1.807, 2.05) is 39.8 Å². The van der Waals surface area contributed by atoms with E-state index in [4.69, 9.17) is 9.72 Å². The number of benzene rings is 1. The highest BCUT2D eigenvalue weighted by atomic mass is 32.2. The van der Waals surface area contributed by atoms with Crippen LogP contribution in [-0.4, -0.2) is 66.4 Å². The van der Waals surface area contributed by atoms with Crippen molar-refractivity contribution in [3.63, 3.8) is 0 Å². The van der Waals surface area contributed by atoms with E-state index < -0.39 is 10.0 Å². The Morgan fingerprint density at radius 3 is 2.62 bits per heavy atom. The largest absolute Gasteiger partial charge is 0.493 e. The summed E-state index contributed by atoms with van der Waals surface area (Å²) in [6.07, 6.45) is 2.30. The molecule has 0 spiro atoms. The summed E-state index contributed by atoms with van der Waals surface area (Å²) in [5, 5.41) is 4.45. The van der Waals surface area contributed by atoms with Crippen molar-refractivity contribution in [2.75, 3.05) is 27.2 Å². The predicted octanol–water partition coefficient (Wildman–Crippen LogP) is 2.29. The van der Waals surface area contributed by atoms with Crippen molar-refractivity contribution in [3.8, 4) is 17.1 Å². The first-order valence-corrected chi connectivity index (χ1v) is 13.0. The average molecular weight is 491 g/mol. The maximum atomic E-state index is 13.1. The summed E-state index contributed by atoms with van der Waals surface area (Å²) in [4.78, 5) is 22.4. The van der Waals surface area contributed by atoms with Crippen molar-refractivity contribution in [3.05, 3.63) is 34.2 Å². The number of ether oxygens (including phenoxy) is 1. The Balaban J connectivity index is 2.15. The average Bonchev–Trinajstić information content (AvgIpc) is 3.07. The number of hydrogen-bond acceptors (Lipinski definition) is 7. The van der Waals surface area contributed by atoms with E-state index in [1.54, 1.807) is 13.1 Å². The number of likely N-dealkylation sites (N-methyl/N-ethyl adjacent to an activating group) is 1. The van der Waals surface area contributed by atoms with Crippen LogP contribution in [0.3, 0.4) is 0 Å². The number of aromatic amines is 1. The predicted molar refractivity (Wildman–Crippen MR) is 133 cm³/mol. The first-order valence-electron chi connectivity index (χ1n) is 11.5. The number of rotatable bonds is 11. The SMILES string of the molecule is CCCOc1ccc(S(=O)(=O)NC(C)CN(C)C)cc1-c1nc2c(CCC)nn(C)c2c(=O)[nH]1. The second-order valence-corrected chi connectivity index (χ2v) is 10.4. The van der Waals surface area contributed by atoms with Gasteiger partial charge in [0.2, 0.25) is 10.0 Å². The van der Waals surface area contributed by atoms with E-state index in [9.17, 15) is 13.2 Å². The van der Waals surface area contributed by atoms with Crippen LogP contribution in [0.4, 0.5) is 0 Å². The molecule has 0 saturated heterocycles. The van der Waals surface area contributed by atoms with Crippen LogP contribution in [0.1, 0.15) is 39.3 Å². The van der Waals surface area contributed by atoms with Gasteiger partial charge in [-0.2, -0.15) is 5.10 Å². The smallest absolute Gasteiger partial charge is 0.277 e. The van der Waals surface area contributed by atoms with Gasteiger partial charge in [-0.15, -0.1) is 0 Å². The highest BCUT2D eigenvalue weighted by Gasteiger charge is 2.22. The van der Waals surface area contributed by atoms with E-state index in [0.717, 1.165) is 18.5 Å². The zero-order chi connectivity index (χ0) is 25.0. The van der Waals surface area contributed by atoms with Crippen LogP contribution in [0, 0.1) is 0 Å². The minimum Gasteiger partial charge on any atom is -0.493 e. The first-order chi connectivity index (χ1) is 16.1. The number of sulfonamides is 1. The summed E-state index contributed by atoms with van der Waals surface area (Å²) < 4.78 is 36.3. The molecule has 2 N–H and O–H groups in total. The Morgan fingerprint density at radius 1 is 1.24 bits per heavy atom. The van der Waals surface area contributed by atoms with Crippen LogP contribution < -0.4 is 15.0 Å². The minimum atomic E-state index is -3.81. The van der Waals surface area contributed by atoms with Crippen molar-refractivity contribution >= 4 is 21.1 Å². The van der Waals surface area contributed by atoms with Gasteiger partial charge in [0.1, 0.15) is 17.1 Å². The topological polar surface area (TPSA) is 122 Å². The van der Waals surface area contributed by atoms with E-state index in [-0.39, 0.29) is 22.3 Å². The molecule has 0 aliphatic rings. The van der Waals surface area contributed by atoms with Crippen LogP contribution >= 0.6 is 0 Å². The maximum absolute atomic E-state index is 13.1. The molecule has 3 aromatic rings. The van der Waals surface area contributed by atoms with Crippen LogP contribution in [0.5, 0.6) is 5.75 Å². The molecule has 186 valence electrons. The lowest BCUT2D eigenvalue weighted by Crippen LogP contribution is -2.39. The van der Waals surface area contributed by atoms with Crippen molar-refractivity contribution in [2.24, 2.45) is 7.05 Å². The van der Waals surface area contributed by atoms with Crippen molar-refractivity contribution < 1.29 is 13.2 Å². The van der Waals surface area contributed by atoms with E-state index in [0.29, 0.717) is 41.9 Å². The minimum absolute atomic E-state index is 0.0691. The fraction of sp³-hybridized carbons (Fsp3) is 0.522. The maximum Gasteiger partial charge on any atom is 0.277 e. The summed E-state index contributed by atoms with van der Waals surface area (Å²) in [5.74, 6) is 0.693. The molecule has 0 saturated carbocycles. The van der Waals surface area contributed by atoms with Gasteiger partial charge in [0.25, 0.3) is 5.56 Å². The van der Waals surface area contributed by atoms with Crippen LogP contribution in [-0.2, 0) is 23.5 Å². The number of nitrogens with zero attached hydrogens (tertiary/aromatic N) is 4. The van der Waals surface area contributed by atoms with Crippen LogP contribution in [0.15, 0.2) is 27.9 Å². The number of aryl methyl sites for hydroxylation is 2. The van der Waals surface area contributed by atoms with Gasteiger partial charge in [-0.25, -0.2) is 18.1 Å². The third-order valence-corrected chi connectivity index (χ3v) is 6.81. The summed E-state index contributed by atoms with van der Waals surface area (Å²) in [7, 11) is 1.67. The van der Waals surface area contributed by atoms with Gasteiger partial charge >= 0.3 is 0 Å². The van der Waals surface area contributed by atoms with Gasteiger partial charge in [-0.05, 0) is 52.1 Å². The number of nitrogens with one attached hydrogen (secondary N) is 2. The second-order valence-electron chi connectivity index (χ2n) is 8.72. The van der Waals surface area contributed by atoms with E-state index in [1.165, 1.54) is 16.8 Å². The Bertz CT molecular complexity index is 1310. The van der Waals surface area contributed by atoms with E-state index in [2.05, 4.69) is 14.8 Å². The summed E-state index contributed by atoms with van der Waals surface area (Å²) in [5.41, 5.74) is 1.68. The Labute approximate surface area is 200 Å². The third-order valence-electron chi connectivity index (χ3n) is 5.22. The molecule has 0 fully saturated rings. The highest BCUT2D eigenvalue weighted by molar-refractivity contribution is 7.89. The van der Waals surface area contributed by atoms with Gasteiger partial charge in [0.05, 0.1) is 22.8 Å². The van der Waals surface area contributed by atoms with Crippen molar-refractivity contribution in [1.29, 1.82) is 0 Å². The Kier molecular flexibility index (Phi) is 8.11. The van der Waals surface area contributed by atoms with Gasteiger partial charge in [0.15, 0.2) is 5.52 Å². The monoisotopic (exact) mass is 490 g/mol. The lowest BCUT2D eigenvalue weighted by Gasteiger charge is -2.19. The number of hydrogen-bond donors (Lipinski definition) is 2. The molecule has 34 heavy (non-hydrogen) atoms. The zero-order valence-electron chi connectivity index (χ0n) is 20.7. The number of aromatic nitrogens is 4. The first kappa shape index (κ1) is 25.9. The summed E-state index contributed by atoms with van der Waals surface area (Å²) >= 11 is 0. The fourth-order valence-electron chi connectivity index (χ4n) is 3.90. The van der Waals surface area contributed by atoms with Gasteiger partial charge in [0, 0.05) is 19.6 Å². The van der Waals surface area contributed by atoms with Gasteiger partial charge in [-0.3, -0.25) is 9.48 Å². The molecule has 0 aliphatic heterocycles. The second kappa shape index (κ2) is 10.7. The number of H-pyrrole nitrogens is 1. The van der Waals surface area contributed by atoms with Crippen molar-refractivity contribution in [2.45, 2.75) is 51.0 Å². The molecule has 3 rings (SSSR count). The molecule has 1 aromatic carbocycles. The van der Waals surface area contributed by atoms with Gasteiger partial charge in [-0.1, -0.05) is 20.3 Å². The molecular formula is C23H34N6O4S. The molecule has 1 unspecified atom stereocenters. The molecular weight excluding hydrogens is 456 g/mol. The zero-order valence-corrected chi connectivity index (χ0v) is 21.5. The van der Waals surface area contributed by atoms with Crippen LogP contribution in [0.25, 0.3) is 22.4 Å². The molecule has 0 aliphatic carbocycles. The molecule has 10 nitrogen and oxygen atoms in total. The molecule has 1 atom stereocenters. The molecule has 2 aromatic heterocycles. The van der Waals surface area contributed by atoms with Gasteiger partial charge < -0.3 is 14.6 Å². The molecule has 2 heterocycles.